The van der Waals surface area contributed by atoms with Crippen LogP contribution in [0.3, 0.4) is 0 Å². The minimum Gasteiger partial charge on any atom is -0.466 e. The molecule has 3 heteroatoms. The molecular weight excluding hydrogens is 214 g/mol. The topological polar surface area (TPSA) is 38.3 Å². The van der Waals surface area contributed by atoms with E-state index in [9.17, 15) is 4.79 Å². The zero-order chi connectivity index (χ0) is 12.7. The summed E-state index contributed by atoms with van der Waals surface area (Å²) in [6.07, 6.45) is 6.62. The summed E-state index contributed by atoms with van der Waals surface area (Å²) in [6, 6.07) is 0.640. The number of ether oxygens (including phenoxy) is 1. The normalized spacial score (nSPS) is 23.4. The van der Waals surface area contributed by atoms with E-state index in [-0.39, 0.29) is 5.97 Å². The molecule has 1 aliphatic carbocycles. The molecule has 1 atom stereocenters. The Hall–Kier alpha value is -0.570. The third-order valence-electron chi connectivity index (χ3n) is 3.50. The first-order valence-corrected chi connectivity index (χ1v) is 6.92. The van der Waals surface area contributed by atoms with E-state index >= 15 is 0 Å². The van der Waals surface area contributed by atoms with Crippen LogP contribution in [0.4, 0.5) is 0 Å². The Balaban J connectivity index is 2.08. The molecule has 0 aliphatic heterocycles. The van der Waals surface area contributed by atoms with E-state index in [0.717, 1.165) is 13.0 Å². The van der Waals surface area contributed by atoms with Crippen molar-refractivity contribution < 1.29 is 9.53 Å². The molecule has 1 aliphatic rings. The Morgan fingerprint density at radius 1 is 1.47 bits per heavy atom. The first-order valence-electron chi connectivity index (χ1n) is 6.92. The van der Waals surface area contributed by atoms with Crippen LogP contribution in [0.5, 0.6) is 0 Å². The lowest BCUT2D eigenvalue weighted by Crippen LogP contribution is -2.37. The van der Waals surface area contributed by atoms with Crippen molar-refractivity contribution in [3.05, 3.63) is 0 Å². The summed E-state index contributed by atoms with van der Waals surface area (Å²) < 4.78 is 4.90. The molecule has 0 bridgehead atoms. The number of hydrogen-bond acceptors (Lipinski definition) is 3. The van der Waals surface area contributed by atoms with Gasteiger partial charge < -0.3 is 10.1 Å². The van der Waals surface area contributed by atoms with Gasteiger partial charge in [0.1, 0.15) is 0 Å². The van der Waals surface area contributed by atoms with Crippen molar-refractivity contribution in [3.8, 4) is 0 Å². The summed E-state index contributed by atoms with van der Waals surface area (Å²) in [5.41, 5.74) is 0.483. The van der Waals surface area contributed by atoms with Gasteiger partial charge in [-0.05, 0) is 44.6 Å². The molecule has 100 valence electrons. The summed E-state index contributed by atoms with van der Waals surface area (Å²) in [5, 5.41) is 3.57. The van der Waals surface area contributed by atoms with Crippen LogP contribution in [0.2, 0.25) is 0 Å². The summed E-state index contributed by atoms with van der Waals surface area (Å²) in [7, 11) is 0. The lowest BCUT2D eigenvalue weighted by molar-refractivity contribution is -0.143. The minimum atomic E-state index is -0.0710. The van der Waals surface area contributed by atoms with Crippen molar-refractivity contribution in [2.75, 3.05) is 13.2 Å². The van der Waals surface area contributed by atoms with Crippen molar-refractivity contribution in [1.29, 1.82) is 0 Å². The largest absolute Gasteiger partial charge is 0.466 e. The Labute approximate surface area is 105 Å². The van der Waals surface area contributed by atoms with Crippen LogP contribution in [0.25, 0.3) is 0 Å². The minimum absolute atomic E-state index is 0.0710. The van der Waals surface area contributed by atoms with Gasteiger partial charge in [-0.25, -0.2) is 0 Å². The molecule has 0 spiro atoms. The molecule has 0 amide bonds. The van der Waals surface area contributed by atoms with Crippen LogP contribution < -0.4 is 5.32 Å². The van der Waals surface area contributed by atoms with Crippen LogP contribution in [0.15, 0.2) is 0 Å². The lowest BCUT2D eigenvalue weighted by Gasteiger charge is -2.35. The highest BCUT2D eigenvalue weighted by Gasteiger charge is 2.27. The second kappa shape index (κ2) is 7.00. The average molecular weight is 241 g/mol. The molecular formula is C14H27NO2. The smallest absolute Gasteiger partial charge is 0.305 e. The third kappa shape index (κ3) is 6.06. The fourth-order valence-electron chi connectivity index (χ4n) is 2.64. The second-order valence-electron chi connectivity index (χ2n) is 5.82. The monoisotopic (exact) mass is 241 g/mol. The molecule has 1 N–H and O–H groups in total. The maximum atomic E-state index is 11.1. The van der Waals surface area contributed by atoms with Gasteiger partial charge in [0.05, 0.1) is 6.61 Å². The molecule has 0 aromatic carbocycles. The van der Waals surface area contributed by atoms with E-state index in [1.165, 1.54) is 25.7 Å². The molecule has 0 saturated heterocycles. The molecule has 1 rings (SSSR count). The molecule has 1 fully saturated rings. The van der Waals surface area contributed by atoms with Gasteiger partial charge in [-0.3, -0.25) is 4.79 Å². The van der Waals surface area contributed by atoms with Crippen LogP contribution in [-0.4, -0.2) is 25.2 Å². The van der Waals surface area contributed by atoms with Gasteiger partial charge in [0, 0.05) is 12.5 Å². The summed E-state index contributed by atoms with van der Waals surface area (Å²) in [4.78, 5) is 11.1. The molecule has 0 heterocycles. The molecule has 0 radical (unpaired) electrons. The maximum absolute atomic E-state index is 11.1. The third-order valence-corrected chi connectivity index (χ3v) is 3.50. The van der Waals surface area contributed by atoms with Crippen LogP contribution >= 0.6 is 0 Å². The quantitative estimate of drug-likeness (QED) is 0.574. The van der Waals surface area contributed by atoms with E-state index in [0.29, 0.717) is 24.5 Å². The van der Waals surface area contributed by atoms with E-state index < -0.39 is 0 Å². The van der Waals surface area contributed by atoms with Crippen molar-refractivity contribution >= 4 is 5.97 Å². The van der Waals surface area contributed by atoms with Gasteiger partial charge in [0.15, 0.2) is 0 Å². The zero-order valence-electron chi connectivity index (χ0n) is 11.6. The van der Waals surface area contributed by atoms with E-state index in [2.05, 4.69) is 19.2 Å². The number of carbonyl (C=O) groups excluding carboxylic acids is 1. The summed E-state index contributed by atoms with van der Waals surface area (Å²) in [6.45, 7) is 7.96. The van der Waals surface area contributed by atoms with Crippen molar-refractivity contribution in [3.63, 3.8) is 0 Å². The van der Waals surface area contributed by atoms with Crippen LogP contribution in [0, 0.1) is 5.41 Å². The van der Waals surface area contributed by atoms with E-state index in [1.54, 1.807) is 0 Å². The highest BCUT2D eigenvalue weighted by molar-refractivity contribution is 5.69. The highest BCUT2D eigenvalue weighted by Crippen LogP contribution is 2.34. The lowest BCUT2D eigenvalue weighted by atomic mass is 9.75. The number of hydrogen-bond donors (Lipinski definition) is 1. The van der Waals surface area contributed by atoms with Gasteiger partial charge in [0.2, 0.25) is 0 Å². The van der Waals surface area contributed by atoms with Gasteiger partial charge in [-0.2, -0.15) is 0 Å². The van der Waals surface area contributed by atoms with Crippen molar-refractivity contribution in [1.82, 2.24) is 5.32 Å². The van der Waals surface area contributed by atoms with Gasteiger partial charge >= 0.3 is 5.97 Å². The molecule has 0 aromatic heterocycles. The fraction of sp³-hybridized carbons (Fsp3) is 0.929. The fourth-order valence-corrected chi connectivity index (χ4v) is 2.64. The summed E-state index contributed by atoms with van der Waals surface area (Å²) in [5.74, 6) is -0.0710. The number of esters is 1. The van der Waals surface area contributed by atoms with Crippen molar-refractivity contribution in [2.24, 2.45) is 5.41 Å². The number of nitrogens with one attached hydrogen (secondary N) is 1. The molecule has 17 heavy (non-hydrogen) atoms. The second-order valence-corrected chi connectivity index (χ2v) is 5.82. The van der Waals surface area contributed by atoms with E-state index in [4.69, 9.17) is 4.74 Å². The molecule has 3 nitrogen and oxygen atoms in total. The number of rotatable bonds is 6. The standard InChI is InChI=1S/C14H27NO2/c1-4-17-13(16)8-6-10-15-12-7-5-9-14(2,3)11-12/h12,15H,4-11H2,1-3H3. The first-order chi connectivity index (χ1) is 8.03. The number of carbonyl (C=O) groups is 1. The predicted molar refractivity (Wildman–Crippen MR) is 69.9 cm³/mol. The van der Waals surface area contributed by atoms with Gasteiger partial charge in [-0.1, -0.05) is 20.3 Å². The Morgan fingerprint density at radius 2 is 2.24 bits per heavy atom. The Morgan fingerprint density at radius 3 is 2.88 bits per heavy atom. The van der Waals surface area contributed by atoms with E-state index in [1.807, 2.05) is 6.92 Å². The zero-order valence-corrected chi connectivity index (χ0v) is 11.6. The van der Waals surface area contributed by atoms with Gasteiger partial charge in [-0.15, -0.1) is 0 Å². The summed E-state index contributed by atoms with van der Waals surface area (Å²) >= 11 is 0. The van der Waals surface area contributed by atoms with Crippen LogP contribution in [-0.2, 0) is 9.53 Å². The van der Waals surface area contributed by atoms with Gasteiger partial charge in [0.25, 0.3) is 0 Å². The molecule has 1 saturated carbocycles. The van der Waals surface area contributed by atoms with Crippen molar-refractivity contribution in [2.45, 2.75) is 65.3 Å². The maximum Gasteiger partial charge on any atom is 0.305 e. The average Bonchev–Trinajstić information content (AvgIpc) is 2.23. The Kier molecular flexibility index (Phi) is 5.96. The SMILES string of the molecule is CCOC(=O)CCCNC1CCCC(C)(C)C1. The molecule has 0 aromatic rings. The van der Waals surface area contributed by atoms with Crippen LogP contribution in [0.1, 0.15) is 59.3 Å². The molecule has 1 unspecified atom stereocenters. The first kappa shape index (κ1) is 14.5. The predicted octanol–water partition coefficient (Wildman–Crippen LogP) is 2.89. The highest BCUT2D eigenvalue weighted by atomic mass is 16.5. The Bertz CT molecular complexity index is 238.